The van der Waals surface area contributed by atoms with E-state index in [1.807, 2.05) is 0 Å². The van der Waals surface area contributed by atoms with E-state index < -0.39 is 0 Å². The quantitative estimate of drug-likeness (QED) is 0.580. The summed E-state index contributed by atoms with van der Waals surface area (Å²) in [6.45, 7) is 7.36. The molecule has 17 heavy (non-hydrogen) atoms. The monoisotopic (exact) mass is 243 g/mol. The highest BCUT2D eigenvalue weighted by Crippen LogP contribution is 2.20. The Labute approximate surface area is 106 Å². The van der Waals surface area contributed by atoms with Crippen LogP contribution in [0.4, 0.5) is 0 Å². The van der Waals surface area contributed by atoms with Crippen molar-refractivity contribution < 1.29 is 9.90 Å². The zero-order valence-corrected chi connectivity index (χ0v) is 11.7. The van der Waals surface area contributed by atoms with Gasteiger partial charge in [-0.05, 0) is 24.7 Å². The van der Waals surface area contributed by atoms with E-state index in [9.17, 15) is 4.79 Å². The van der Waals surface area contributed by atoms with E-state index in [1.54, 1.807) is 0 Å². The molecule has 0 aliphatic carbocycles. The molecule has 0 saturated heterocycles. The summed E-state index contributed by atoms with van der Waals surface area (Å²) in [5.41, 5.74) is 0.0851. The topological polar surface area (TPSA) is 49.3 Å². The van der Waals surface area contributed by atoms with Crippen molar-refractivity contribution in [3.63, 3.8) is 0 Å². The van der Waals surface area contributed by atoms with Gasteiger partial charge < -0.3 is 10.4 Å². The molecular weight excluding hydrogens is 214 g/mol. The molecule has 0 aliphatic rings. The Bertz CT molecular complexity index is 202. The summed E-state index contributed by atoms with van der Waals surface area (Å²) in [4.78, 5) is 11.6. The Morgan fingerprint density at radius 1 is 1.18 bits per heavy atom. The van der Waals surface area contributed by atoms with E-state index in [0.29, 0.717) is 13.0 Å². The maximum Gasteiger partial charge on any atom is 0.220 e. The van der Waals surface area contributed by atoms with Gasteiger partial charge in [0.15, 0.2) is 0 Å². The highest BCUT2D eigenvalue weighted by molar-refractivity contribution is 5.75. The molecule has 0 saturated carbocycles. The Morgan fingerprint density at radius 3 is 2.47 bits per heavy atom. The third-order valence-corrected chi connectivity index (χ3v) is 3.03. The molecule has 1 amide bonds. The zero-order valence-electron chi connectivity index (χ0n) is 11.7. The number of aliphatic hydroxyl groups excluding tert-OH is 1. The van der Waals surface area contributed by atoms with Gasteiger partial charge >= 0.3 is 0 Å². The summed E-state index contributed by atoms with van der Waals surface area (Å²) in [6, 6.07) is 0. The molecule has 0 rings (SSSR count). The fourth-order valence-corrected chi connectivity index (χ4v) is 1.78. The lowest BCUT2D eigenvalue weighted by molar-refractivity contribution is -0.121. The first-order valence-corrected chi connectivity index (χ1v) is 6.89. The fourth-order valence-electron chi connectivity index (χ4n) is 1.78. The average molecular weight is 243 g/mol. The molecule has 102 valence electrons. The third-order valence-electron chi connectivity index (χ3n) is 3.03. The largest absolute Gasteiger partial charge is 0.396 e. The number of rotatable bonds is 10. The minimum Gasteiger partial charge on any atom is -0.396 e. The second-order valence-corrected chi connectivity index (χ2v) is 5.58. The highest BCUT2D eigenvalue weighted by atomic mass is 16.2. The van der Waals surface area contributed by atoms with Gasteiger partial charge in [-0.25, -0.2) is 0 Å². The van der Waals surface area contributed by atoms with E-state index in [1.165, 1.54) is 12.8 Å². The molecule has 0 radical (unpaired) electrons. The van der Waals surface area contributed by atoms with Crippen LogP contribution in [0.2, 0.25) is 0 Å². The van der Waals surface area contributed by atoms with E-state index >= 15 is 0 Å². The minimum atomic E-state index is 0.0851. The maximum atomic E-state index is 11.6. The second kappa shape index (κ2) is 9.46. The van der Waals surface area contributed by atoms with Gasteiger partial charge in [0.05, 0.1) is 0 Å². The van der Waals surface area contributed by atoms with Gasteiger partial charge in [0.25, 0.3) is 0 Å². The number of hydrogen-bond acceptors (Lipinski definition) is 2. The third kappa shape index (κ3) is 10.3. The summed E-state index contributed by atoms with van der Waals surface area (Å²) in [5.74, 6) is 0.165. The molecule has 0 aromatic carbocycles. The van der Waals surface area contributed by atoms with Crippen LogP contribution in [0.25, 0.3) is 0 Å². The lowest BCUT2D eigenvalue weighted by Gasteiger charge is -2.24. The standard InChI is InChI=1S/C14H29NO2/c1-4-5-6-7-9-13(17)15-12-14(2,3)10-8-11-16/h16H,4-12H2,1-3H3,(H,15,17). The van der Waals surface area contributed by atoms with Crippen LogP contribution in [0.1, 0.15) is 65.7 Å². The van der Waals surface area contributed by atoms with Crippen LogP contribution >= 0.6 is 0 Å². The van der Waals surface area contributed by atoms with Crippen LogP contribution < -0.4 is 5.32 Å². The number of carbonyl (C=O) groups is 1. The van der Waals surface area contributed by atoms with Gasteiger partial charge in [0.1, 0.15) is 0 Å². The van der Waals surface area contributed by atoms with Gasteiger partial charge in [-0.2, -0.15) is 0 Å². The van der Waals surface area contributed by atoms with Crippen LogP contribution in [0, 0.1) is 5.41 Å². The Kier molecular flexibility index (Phi) is 9.14. The highest BCUT2D eigenvalue weighted by Gasteiger charge is 2.17. The number of carbonyl (C=O) groups excluding carboxylic acids is 1. The predicted molar refractivity (Wildman–Crippen MR) is 71.9 cm³/mol. The van der Waals surface area contributed by atoms with E-state index in [-0.39, 0.29) is 17.9 Å². The molecule has 0 bridgehead atoms. The number of unbranched alkanes of at least 4 members (excludes halogenated alkanes) is 3. The van der Waals surface area contributed by atoms with Gasteiger partial charge in [-0.1, -0.05) is 40.0 Å². The number of nitrogens with one attached hydrogen (secondary N) is 1. The molecule has 0 fully saturated rings. The van der Waals surface area contributed by atoms with Gasteiger partial charge in [0, 0.05) is 19.6 Å². The van der Waals surface area contributed by atoms with Crippen molar-refractivity contribution in [2.24, 2.45) is 5.41 Å². The van der Waals surface area contributed by atoms with Crippen molar-refractivity contribution in [3.05, 3.63) is 0 Å². The predicted octanol–water partition coefficient (Wildman–Crippen LogP) is 2.87. The van der Waals surface area contributed by atoms with Gasteiger partial charge in [-0.3, -0.25) is 4.79 Å². The summed E-state index contributed by atoms with van der Waals surface area (Å²) in [7, 11) is 0. The first kappa shape index (κ1) is 16.4. The molecule has 0 aromatic rings. The average Bonchev–Trinajstić information content (AvgIpc) is 2.30. The Balaban J connectivity index is 3.60. The molecule has 0 unspecified atom stereocenters. The first-order valence-electron chi connectivity index (χ1n) is 6.89. The van der Waals surface area contributed by atoms with Crippen molar-refractivity contribution in [1.29, 1.82) is 0 Å². The van der Waals surface area contributed by atoms with Gasteiger partial charge in [-0.15, -0.1) is 0 Å². The van der Waals surface area contributed by atoms with Crippen LogP contribution in [0.15, 0.2) is 0 Å². The lowest BCUT2D eigenvalue weighted by Crippen LogP contribution is -2.34. The minimum absolute atomic E-state index is 0.0851. The molecule has 0 spiro atoms. The van der Waals surface area contributed by atoms with Crippen molar-refractivity contribution >= 4 is 5.91 Å². The van der Waals surface area contributed by atoms with Crippen LogP contribution in [-0.4, -0.2) is 24.2 Å². The molecule has 0 atom stereocenters. The summed E-state index contributed by atoms with van der Waals surface area (Å²) in [6.07, 6.45) is 6.97. The lowest BCUT2D eigenvalue weighted by atomic mass is 9.88. The summed E-state index contributed by atoms with van der Waals surface area (Å²) < 4.78 is 0. The first-order chi connectivity index (χ1) is 8.02. The maximum absolute atomic E-state index is 11.6. The summed E-state index contributed by atoms with van der Waals surface area (Å²) in [5, 5.41) is 11.8. The molecule has 0 heterocycles. The number of amides is 1. The summed E-state index contributed by atoms with van der Waals surface area (Å²) >= 11 is 0. The molecule has 3 nitrogen and oxygen atoms in total. The van der Waals surface area contributed by atoms with Crippen molar-refractivity contribution in [1.82, 2.24) is 5.32 Å². The van der Waals surface area contributed by atoms with Crippen molar-refractivity contribution in [2.45, 2.75) is 65.7 Å². The van der Waals surface area contributed by atoms with Crippen LogP contribution in [0.5, 0.6) is 0 Å². The van der Waals surface area contributed by atoms with E-state index in [4.69, 9.17) is 5.11 Å². The Morgan fingerprint density at radius 2 is 1.88 bits per heavy atom. The van der Waals surface area contributed by atoms with Crippen LogP contribution in [0.3, 0.4) is 0 Å². The number of hydrogen-bond donors (Lipinski definition) is 2. The SMILES string of the molecule is CCCCCCC(=O)NCC(C)(C)CCCO. The fraction of sp³-hybridized carbons (Fsp3) is 0.929. The molecule has 0 aromatic heterocycles. The normalized spacial score (nSPS) is 11.5. The van der Waals surface area contributed by atoms with E-state index in [0.717, 1.165) is 25.7 Å². The molecule has 3 heteroatoms. The molecule has 0 aliphatic heterocycles. The van der Waals surface area contributed by atoms with E-state index in [2.05, 4.69) is 26.1 Å². The van der Waals surface area contributed by atoms with Crippen molar-refractivity contribution in [3.8, 4) is 0 Å². The smallest absolute Gasteiger partial charge is 0.220 e. The van der Waals surface area contributed by atoms with Crippen LogP contribution in [-0.2, 0) is 4.79 Å². The molecule has 2 N–H and O–H groups in total. The Hall–Kier alpha value is -0.570. The zero-order chi connectivity index (χ0) is 13.1. The molecular formula is C14H29NO2. The van der Waals surface area contributed by atoms with Gasteiger partial charge in [0.2, 0.25) is 5.91 Å². The van der Waals surface area contributed by atoms with Crippen molar-refractivity contribution in [2.75, 3.05) is 13.2 Å². The number of aliphatic hydroxyl groups is 1. The second-order valence-electron chi connectivity index (χ2n) is 5.58.